The van der Waals surface area contributed by atoms with Gasteiger partial charge in [0.1, 0.15) is 0 Å². The fourth-order valence-electron chi connectivity index (χ4n) is 1.58. The molecule has 0 spiro atoms. The second-order valence-electron chi connectivity index (χ2n) is 3.63. The van der Waals surface area contributed by atoms with E-state index in [9.17, 15) is 0 Å². The van der Waals surface area contributed by atoms with Gasteiger partial charge in [0, 0.05) is 24.0 Å². The van der Waals surface area contributed by atoms with E-state index in [0.717, 1.165) is 29.1 Å². The average Bonchev–Trinajstić information content (AvgIpc) is 2.60. The molecule has 0 amide bonds. The molecule has 3 heteroatoms. The van der Waals surface area contributed by atoms with Crippen LogP contribution in [0.2, 0.25) is 0 Å². The van der Waals surface area contributed by atoms with Crippen LogP contribution in [-0.4, -0.2) is 14.8 Å². The molecule has 15 heavy (non-hydrogen) atoms. The first-order valence-electron chi connectivity index (χ1n) is 5.17. The predicted molar refractivity (Wildman–Crippen MR) is 60.6 cm³/mol. The quantitative estimate of drug-likeness (QED) is 0.746. The monoisotopic (exact) mass is 201 g/mol. The Balaban J connectivity index is 2.49. The third kappa shape index (κ3) is 1.77. The van der Waals surface area contributed by atoms with Gasteiger partial charge >= 0.3 is 0 Å². The van der Waals surface area contributed by atoms with Crippen LogP contribution in [-0.2, 0) is 13.5 Å². The first-order chi connectivity index (χ1) is 7.22. The van der Waals surface area contributed by atoms with E-state index in [-0.39, 0.29) is 0 Å². The van der Waals surface area contributed by atoms with Crippen LogP contribution in [0.25, 0.3) is 11.3 Å². The number of rotatable bonds is 2. The van der Waals surface area contributed by atoms with Crippen LogP contribution < -0.4 is 0 Å². The van der Waals surface area contributed by atoms with Crippen LogP contribution in [0.1, 0.15) is 18.3 Å². The summed E-state index contributed by atoms with van der Waals surface area (Å²) >= 11 is 0. The van der Waals surface area contributed by atoms with Crippen LogP contribution >= 0.6 is 0 Å². The lowest BCUT2D eigenvalue weighted by Crippen LogP contribution is -1.94. The zero-order valence-electron chi connectivity index (χ0n) is 9.36. The molecule has 2 aromatic rings. The molecule has 0 aromatic carbocycles. The zero-order valence-corrected chi connectivity index (χ0v) is 9.36. The molecule has 0 unspecified atom stereocenters. The number of hydrogen-bond donors (Lipinski definition) is 0. The largest absolute Gasteiger partial charge is 0.272 e. The van der Waals surface area contributed by atoms with Crippen molar-refractivity contribution >= 4 is 0 Å². The molecule has 0 atom stereocenters. The van der Waals surface area contributed by atoms with E-state index >= 15 is 0 Å². The zero-order chi connectivity index (χ0) is 10.8. The lowest BCUT2D eigenvalue weighted by Gasteiger charge is -2.02. The second kappa shape index (κ2) is 3.85. The molecule has 0 fully saturated rings. The summed E-state index contributed by atoms with van der Waals surface area (Å²) in [6.07, 6.45) is 2.84. The predicted octanol–water partition coefficient (Wildman–Crippen LogP) is 2.35. The van der Waals surface area contributed by atoms with Crippen LogP contribution in [0.4, 0.5) is 0 Å². The van der Waals surface area contributed by atoms with Crippen LogP contribution in [0.5, 0.6) is 0 Å². The summed E-state index contributed by atoms with van der Waals surface area (Å²) in [5.74, 6) is 0. The van der Waals surface area contributed by atoms with Gasteiger partial charge in [0.15, 0.2) is 0 Å². The standard InChI is InChI=1S/C12H15N3/c1-4-10-6-5-7-12(14-10)11-8-13-15(3)9(11)2/h5-8H,4H2,1-3H3. The van der Waals surface area contributed by atoms with E-state index in [2.05, 4.69) is 30.0 Å². The summed E-state index contributed by atoms with van der Waals surface area (Å²) in [6, 6.07) is 6.13. The van der Waals surface area contributed by atoms with Crippen molar-refractivity contribution in [2.75, 3.05) is 0 Å². The van der Waals surface area contributed by atoms with Crippen LogP contribution in [0, 0.1) is 6.92 Å². The number of aromatic nitrogens is 3. The van der Waals surface area contributed by atoms with Crippen LogP contribution in [0.3, 0.4) is 0 Å². The highest BCUT2D eigenvalue weighted by Crippen LogP contribution is 2.20. The van der Waals surface area contributed by atoms with E-state index in [1.54, 1.807) is 0 Å². The molecule has 3 nitrogen and oxygen atoms in total. The third-order valence-corrected chi connectivity index (χ3v) is 2.68. The summed E-state index contributed by atoms with van der Waals surface area (Å²) in [5, 5.41) is 4.22. The molecule has 0 N–H and O–H groups in total. The van der Waals surface area contributed by atoms with E-state index in [0.29, 0.717) is 0 Å². The SMILES string of the molecule is CCc1cccc(-c2cnn(C)c2C)n1. The Labute approximate surface area is 89.8 Å². The van der Waals surface area contributed by atoms with Crippen molar-refractivity contribution < 1.29 is 0 Å². The van der Waals surface area contributed by atoms with Crippen molar-refractivity contribution in [2.45, 2.75) is 20.3 Å². The first kappa shape index (κ1) is 9.90. The molecule has 0 aliphatic carbocycles. The minimum absolute atomic E-state index is 0.965. The molecule has 0 saturated carbocycles. The normalized spacial score (nSPS) is 10.6. The summed E-state index contributed by atoms with van der Waals surface area (Å²) in [4.78, 5) is 4.58. The molecule has 0 bridgehead atoms. The van der Waals surface area contributed by atoms with Gasteiger partial charge in [-0.05, 0) is 25.5 Å². The molecule has 2 rings (SSSR count). The minimum Gasteiger partial charge on any atom is -0.272 e. The summed E-state index contributed by atoms with van der Waals surface area (Å²) in [7, 11) is 1.95. The summed E-state index contributed by atoms with van der Waals surface area (Å²) in [6.45, 7) is 4.17. The lowest BCUT2D eigenvalue weighted by molar-refractivity contribution is 0.740. The smallest absolute Gasteiger partial charge is 0.0739 e. The Morgan fingerprint density at radius 3 is 2.73 bits per heavy atom. The van der Waals surface area contributed by atoms with Gasteiger partial charge in [-0.25, -0.2) is 0 Å². The number of pyridine rings is 1. The van der Waals surface area contributed by atoms with E-state index in [1.165, 1.54) is 0 Å². The Kier molecular flexibility index (Phi) is 2.54. The van der Waals surface area contributed by atoms with Gasteiger partial charge in [-0.3, -0.25) is 9.67 Å². The van der Waals surface area contributed by atoms with Gasteiger partial charge in [-0.15, -0.1) is 0 Å². The maximum Gasteiger partial charge on any atom is 0.0739 e. The molecule has 0 aliphatic heterocycles. The number of hydrogen-bond acceptors (Lipinski definition) is 2. The highest BCUT2D eigenvalue weighted by molar-refractivity contribution is 5.60. The van der Waals surface area contributed by atoms with Gasteiger partial charge in [0.25, 0.3) is 0 Å². The summed E-state index contributed by atoms with van der Waals surface area (Å²) < 4.78 is 1.87. The lowest BCUT2D eigenvalue weighted by atomic mass is 10.1. The Morgan fingerprint density at radius 2 is 2.13 bits per heavy atom. The molecule has 0 radical (unpaired) electrons. The van der Waals surface area contributed by atoms with Gasteiger partial charge in [0.05, 0.1) is 11.9 Å². The van der Waals surface area contributed by atoms with Crippen LogP contribution in [0.15, 0.2) is 24.4 Å². The van der Waals surface area contributed by atoms with E-state index in [1.807, 2.05) is 30.1 Å². The Morgan fingerprint density at radius 1 is 1.33 bits per heavy atom. The average molecular weight is 201 g/mol. The summed E-state index contributed by atoms with van der Waals surface area (Å²) in [5.41, 5.74) is 4.40. The molecular weight excluding hydrogens is 186 g/mol. The maximum absolute atomic E-state index is 4.58. The fraction of sp³-hybridized carbons (Fsp3) is 0.333. The molecule has 78 valence electrons. The Hall–Kier alpha value is -1.64. The van der Waals surface area contributed by atoms with Crippen molar-refractivity contribution in [3.63, 3.8) is 0 Å². The maximum atomic E-state index is 4.58. The molecule has 0 aliphatic rings. The topological polar surface area (TPSA) is 30.7 Å². The van der Waals surface area contributed by atoms with Gasteiger partial charge < -0.3 is 0 Å². The van der Waals surface area contributed by atoms with Crippen molar-refractivity contribution in [3.8, 4) is 11.3 Å². The van der Waals surface area contributed by atoms with Gasteiger partial charge in [-0.2, -0.15) is 5.10 Å². The van der Waals surface area contributed by atoms with Gasteiger partial charge in [-0.1, -0.05) is 13.0 Å². The fourth-order valence-corrected chi connectivity index (χ4v) is 1.58. The van der Waals surface area contributed by atoms with Crippen molar-refractivity contribution in [2.24, 2.45) is 7.05 Å². The molecule has 2 aromatic heterocycles. The molecular formula is C12H15N3. The molecule has 0 saturated heterocycles. The number of aryl methyl sites for hydroxylation is 2. The van der Waals surface area contributed by atoms with E-state index in [4.69, 9.17) is 0 Å². The number of nitrogens with zero attached hydrogens (tertiary/aromatic N) is 3. The van der Waals surface area contributed by atoms with Crippen molar-refractivity contribution in [3.05, 3.63) is 35.8 Å². The third-order valence-electron chi connectivity index (χ3n) is 2.68. The first-order valence-corrected chi connectivity index (χ1v) is 5.17. The Bertz CT molecular complexity index is 471. The highest BCUT2D eigenvalue weighted by atomic mass is 15.3. The van der Waals surface area contributed by atoms with Gasteiger partial charge in [0.2, 0.25) is 0 Å². The van der Waals surface area contributed by atoms with E-state index < -0.39 is 0 Å². The second-order valence-corrected chi connectivity index (χ2v) is 3.63. The minimum atomic E-state index is 0.965. The van der Waals surface area contributed by atoms with Crippen molar-refractivity contribution in [1.82, 2.24) is 14.8 Å². The van der Waals surface area contributed by atoms with Crippen molar-refractivity contribution in [1.29, 1.82) is 0 Å². The molecule has 2 heterocycles. The highest BCUT2D eigenvalue weighted by Gasteiger charge is 2.07.